The van der Waals surface area contributed by atoms with Gasteiger partial charge in [0.1, 0.15) is 11.6 Å². The fourth-order valence-corrected chi connectivity index (χ4v) is 2.80. The Kier molecular flexibility index (Phi) is 7.91. The number of hydrogen-bond acceptors (Lipinski definition) is 4. The molecule has 0 bridgehead atoms. The van der Waals surface area contributed by atoms with Crippen molar-refractivity contribution in [3.8, 4) is 17.6 Å². The van der Waals surface area contributed by atoms with Crippen molar-refractivity contribution in [2.75, 3.05) is 12.4 Å². The van der Waals surface area contributed by atoms with E-state index < -0.39 is 5.91 Å². The predicted octanol–water partition coefficient (Wildman–Crippen LogP) is 5.83. The molecule has 1 atom stereocenters. The van der Waals surface area contributed by atoms with Crippen LogP contribution in [0.15, 0.2) is 46.4 Å². The molecule has 1 unspecified atom stereocenters. The SMILES string of the molecule is CCC(C)Oc1c(Cl)cc(C=C(C#N)C(=O)Nc2ccc(Br)cc2)cc1OC. The van der Waals surface area contributed by atoms with Crippen LogP contribution in [0, 0.1) is 11.3 Å². The van der Waals surface area contributed by atoms with Gasteiger partial charge in [-0.3, -0.25) is 4.79 Å². The van der Waals surface area contributed by atoms with Gasteiger partial charge >= 0.3 is 0 Å². The Labute approximate surface area is 178 Å². The minimum absolute atomic E-state index is 0.0286. The van der Waals surface area contributed by atoms with E-state index in [2.05, 4.69) is 21.2 Å². The highest BCUT2D eigenvalue weighted by Crippen LogP contribution is 2.38. The van der Waals surface area contributed by atoms with Gasteiger partial charge in [-0.15, -0.1) is 0 Å². The molecule has 146 valence electrons. The van der Waals surface area contributed by atoms with Crippen LogP contribution in [0.25, 0.3) is 6.08 Å². The third-order valence-electron chi connectivity index (χ3n) is 3.92. The standard InChI is InChI=1S/C21H20BrClN2O3/c1-4-13(2)28-20-18(23)10-14(11-19(20)27-3)9-15(12-24)21(26)25-17-7-5-16(22)6-8-17/h5-11,13H,4H2,1-3H3,(H,25,26). The molecule has 1 N–H and O–H groups in total. The third kappa shape index (κ3) is 5.75. The second-order valence-electron chi connectivity index (χ2n) is 6.00. The second-order valence-corrected chi connectivity index (χ2v) is 7.32. The average Bonchev–Trinajstić information content (AvgIpc) is 2.69. The molecule has 0 heterocycles. The lowest BCUT2D eigenvalue weighted by molar-refractivity contribution is -0.112. The smallest absolute Gasteiger partial charge is 0.266 e. The summed E-state index contributed by atoms with van der Waals surface area (Å²) >= 11 is 9.68. The summed E-state index contributed by atoms with van der Waals surface area (Å²) in [7, 11) is 1.51. The lowest BCUT2D eigenvalue weighted by Crippen LogP contribution is -2.13. The Morgan fingerprint density at radius 1 is 1.36 bits per heavy atom. The molecule has 28 heavy (non-hydrogen) atoms. The summed E-state index contributed by atoms with van der Waals surface area (Å²) in [4.78, 5) is 12.4. The number of nitrogens with one attached hydrogen (secondary N) is 1. The largest absolute Gasteiger partial charge is 0.493 e. The molecule has 1 amide bonds. The number of benzene rings is 2. The fourth-order valence-electron chi connectivity index (χ4n) is 2.27. The number of rotatable bonds is 7. The van der Waals surface area contributed by atoms with Crippen LogP contribution >= 0.6 is 27.5 Å². The van der Waals surface area contributed by atoms with E-state index in [1.54, 1.807) is 36.4 Å². The van der Waals surface area contributed by atoms with E-state index in [4.69, 9.17) is 21.1 Å². The van der Waals surface area contributed by atoms with Crippen molar-refractivity contribution in [3.63, 3.8) is 0 Å². The molecule has 2 rings (SSSR count). The van der Waals surface area contributed by atoms with Crippen molar-refractivity contribution in [1.82, 2.24) is 0 Å². The molecular weight excluding hydrogens is 444 g/mol. The van der Waals surface area contributed by atoms with Crippen LogP contribution in [0.3, 0.4) is 0 Å². The van der Waals surface area contributed by atoms with Crippen molar-refractivity contribution in [1.29, 1.82) is 5.26 Å². The number of methoxy groups -OCH3 is 1. The number of nitriles is 1. The van der Waals surface area contributed by atoms with Crippen molar-refractivity contribution in [3.05, 3.63) is 57.0 Å². The van der Waals surface area contributed by atoms with Crippen LogP contribution in [-0.4, -0.2) is 19.1 Å². The van der Waals surface area contributed by atoms with E-state index in [1.165, 1.54) is 13.2 Å². The number of ether oxygens (including phenoxy) is 2. The van der Waals surface area contributed by atoms with Gasteiger partial charge in [-0.1, -0.05) is 34.5 Å². The number of carbonyl (C=O) groups is 1. The zero-order chi connectivity index (χ0) is 20.7. The van der Waals surface area contributed by atoms with Crippen LogP contribution in [-0.2, 0) is 4.79 Å². The maximum atomic E-state index is 12.4. The monoisotopic (exact) mass is 462 g/mol. The summed E-state index contributed by atoms with van der Waals surface area (Å²) < 4.78 is 12.1. The van der Waals surface area contributed by atoms with Gasteiger partial charge in [0.25, 0.3) is 5.91 Å². The normalized spacial score (nSPS) is 12.1. The molecule has 0 aliphatic heterocycles. The zero-order valence-electron chi connectivity index (χ0n) is 15.8. The Hall–Kier alpha value is -2.49. The molecule has 0 fully saturated rings. The van der Waals surface area contributed by atoms with Gasteiger partial charge in [-0.05, 0) is 61.4 Å². The zero-order valence-corrected chi connectivity index (χ0v) is 18.1. The Balaban J connectivity index is 2.30. The maximum Gasteiger partial charge on any atom is 0.266 e. The van der Waals surface area contributed by atoms with E-state index in [1.807, 2.05) is 19.9 Å². The summed E-state index contributed by atoms with van der Waals surface area (Å²) in [6, 6.07) is 12.3. The van der Waals surface area contributed by atoms with Gasteiger partial charge < -0.3 is 14.8 Å². The molecule has 0 aromatic heterocycles. The Morgan fingerprint density at radius 3 is 2.61 bits per heavy atom. The number of nitrogens with zero attached hydrogens (tertiary/aromatic N) is 1. The summed E-state index contributed by atoms with van der Waals surface area (Å²) in [6.45, 7) is 3.94. The summed E-state index contributed by atoms with van der Waals surface area (Å²) in [6.07, 6.45) is 2.24. The number of anilines is 1. The van der Waals surface area contributed by atoms with Crippen molar-refractivity contribution >= 4 is 45.2 Å². The lowest BCUT2D eigenvalue weighted by Gasteiger charge is -2.17. The second kappa shape index (κ2) is 10.2. The Morgan fingerprint density at radius 2 is 2.04 bits per heavy atom. The molecule has 7 heteroatoms. The van der Waals surface area contributed by atoms with Crippen LogP contribution in [0.4, 0.5) is 5.69 Å². The highest BCUT2D eigenvalue weighted by atomic mass is 79.9. The average molecular weight is 464 g/mol. The molecule has 2 aromatic carbocycles. The van der Waals surface area contributed by atoms with Gasteiger partial charge in [-0.25, -0.2) is 0 Å². The topological polar surface area (TPSA) is 71.3 Å². The van der Waals surface area contributed by atoms with Crippen LogP contribution in [0.1, 0.15) is 25.8 Å². The van der Waals surface area contributed by atoms with Crippen LogP contribution in [0.2, 0.25) is 5.02 Å². The van der Waals surface area contributed by atoms with E-state index >= 15 is 0 Å². The van der Waals surface area contributed by atoms with E-state index in [0.717, 1.165) is 10.9 Å². The fraction of sp³-hybridized carbons (Fsp3) is 0.238. The summed E-state index contributed by atoms with van der Waals surface area (Å²) in [5.74, 6) is 0.359. The molecule has 0 aliphatic carbocycles. The molecular formula is C21H20BrClN2O3. The van der Waals surface area contributed by atoms with Gasteiger partial charge in [0, 0.05) is 10.2 Å². The van der Waals surface area contributed by atoms with Crippen molar-refractivity contribution < 1.29 is 14.3 Å². The number of carbonyl (C=O) groups excluding carboxylic acids is 1. The molecule has 5 nitrogen and oxygen atoms in total. The first kappa shape index (κ1) is 21.8. The molecule has 0 aliphatic rings. The number of amides is 1. The summed E-state index contributed by atoms with van der Waals surface area (Å²) in [5, 5.41) is 12.4. The van der Waals surface area contributed by atoms with Crippen LogP contribution in [0.5, 0.6) is 11.5 Å². The Bertz CT molecular complexity index is 920. The first-order valence-electron chi connectivity index (χ1n) is 8.60. The predicted molar refractivity (Wildman–Crippen MR) is 115 cm³/mol. The van der Waals surface area contributed by atoms with Crippen LogP contribution < -0.4 is 14.8 Å². The first-order valence-corrected chi connectivity index (χ1v) is 9.77. The van der Waals surface area contributed by atoms with Crippen molar-refractivity contribution in [2.45, 2.75) is 26.4 Å². The van der Waals surface area contributed by atoms with Crippen molar-refractivity contribution in [2.24, 2.45) is 0 Å². The minimum Gasteiger partial charge on any atom is -0.493 e. The van der Waals surface area contributed by atoms with E-state index in [-0.39, 0.29) is 11.7 Å². The lowest BCUT2D eigenvalue weighted by atomic mass is 10.1. The molecule has 2 aromatic rings. The van der Waals surface area contributed by atoms with E-state index in [9.17, 15) is 10.1 Å². The first-order chi connectivity index (χ1) is 13.4. The molecule has 0 saturated heterocycles. The third-order valence-corrected chi connectivity index (χ3v) is 4.73. The van der Waals surface area contributed by atoms with Gasteiger partial charge in [0.15, 0.2) is 11.5 Å². The molecule has 0 radical (unpaired) electrons. The maximum absolute atomic E-state index is 12.4. The minimum atomic E-state index is -0.514. The van der Waals surface area contributed by atoms with Gasteiger partial charge in [-0.2, -0.15) is 5.26 Å². The van der Waals surface area contributed by atoms with E-state index in [0.29, 0.717) is 27.8 Å². The summed E-state index contributed by atoms with van der Waals surface area (Å²) in [5.41, 5.74) is 1.08. The molecule has 0 saturated carbocycles. The molecule has 0 spiro atoms. The van der Waals surface area contributed by atoms with Gasteiger partial charge in [0.05, 0.1) is 18.2 Å². The number of hydrogen-bond donors (Lipinski definition) is 1. The highest BCUT2D eigenvalue weighted by Gasteiger charge is 2.16. The number of halogens is 2. The van der Waals surface area contributed by atoms with Gasteiger partial charge in [0.2, 0.25) is 0 Å². The highest BCUT2D eigenvalue weighted by molar-refractivity contribution is 9.10. The quantitative estimate of drug-likeness (QED) is 0.414.